The van der Waals surface area contributed by atoms with E-state index in [2.05, 4.69) is 15.8 Å². The van der Waals surface area contributed by atoms with Crippen molar-refractivity contribution in [1.29, 1.82) is 0 Å². The molecule has 2 N–H and O–H groups in total. The standard InChI is InChI=1S/C22H25F3N4O3/c1-14(2)32-18-6-3-15(4-7-18)20(30)27-28-21(31)16-9-11-29(12-10-16)19-8-5-17(13-26-19)22(23,24)25/h3-8,13-14,16H,9-12H2,1-2H3,(H,27,30)(H,28,31). The van der Waals surface area contributed by atoms with Gasteiger partial charge in [-0.05, 0) is 63.1 Å². The highest BCUT2D eigenvalue weighted by Gasteiger charge is 2.31. The van der Waals surface area contributed by atoms with Gasteiger partial charge in [-0.2, -0.15) is 13.2 Å². The van der Waals surface area contributed by atoms with Gasteiger partial charge in [0.25, 0.3) is 5.91 Å². The molecule has 1 aromatic carbocycles. The third-order valence-electron chi connectivity index (χ3n) is 5.05. The van der Waals surface area contributed by atoms with Gasteiger partial charge in [-0.25, -0.2) is 4.98 Å². The first-order valence-electron chi connectivity index (χ1n) is 10.3. The predicted molar refractivity (Wildman–Crippen MR) is 112 cm³/mol. The van der Waals surface area contributed by atoms with Crippen LogP contribution < -0.4 is 20.5 Å². The number of aromatic nitrogens is 1. The molecule has 2 heterocycles. The summed E-state index contributed by atoms with van der Waals surface area (Å²) >= 11 is 0. The van der Waals surface area contributed by atoms with Crippen molar-refractivity contribution in [1.82, 2.24) is 15.8 Å². The monoisotopic (exact) mass is 450 g/mol. The largest absolute Gasteiger partial charge is 0.491 e. The number of hydrazine groups is 1. The molecule has 1 saturated heterocycles. The van der Waals surface area contributed by atoms with Crippen LogP contribution in [0, 0.1) is 5.92 Å². The van der Waals surface area contributed by atoms with Gasteiger partial charge in [-0.15, -0.1) is 0 Å². The third kappa shape index (κ3) is 6.12. The van der Waals surface area contributed by atoms with E-state index in [1.807, 2.05) is 18.7 Å². The topological polar surface area (TPSA) is 83.6 Å². The Labute approximate surface area is 183 Å². The predicted octanol–water partition coefficient (Wildman–Crippen LogP) is 3.57. The van der Waals surface area contributed by atoms with Crippen LogP contribution in [0.1, 0.15) is 42.6 Å². The minimum atomic E-state index is -4.43. The Morgan fingerprint density at radius 2 is 1.72 bits per heavy atom. The molecule has 1 fully saturated rings. The van der Waals surface area contributed by atoms with E-state index in [4.69, 9.17) is 4.74 Å². The molecule has 0 saturated carbocycles. The van der Waals surface area contributed by atoms with Crippen molar-refractivity contribution in [2.45, 2.75) is 39.0 Å². The Kier molecular flexibility index (Phi) is 7.22. The Morgan fingerprint density at radius 3 is 2.25 bits per heavy atom. The van der Waals surface area contributed by atoms with Crippen LogP contribution in [0.15, 0.2) is 42.6 Å². The van der Waals surface area contributed by atoms with E-state index in [1.54, 1.807) is 24.3 Å². The molecule has 0 bridgehead atoms. The summed E-state index contributed by atoms with van der Waals surface area (Å²) in [4.78, 5) is 30.4. The van der Waals surface area contributed by atoms with Crippen LogP contribution in [0.2, 0.25) is 0 Å². The van der Waals surface area contributed by atoms with Gasteiger partial charge < -0.3 is 9.64 Å². The second-order valence-corrected chi connectivity index (χ2v) is 7.80. The van der Waals surface area contributed by atoms with Gasteiger partial charge >= 0.3 is 6.18 Å². The van der Waals surface area contributed by atoms with E-state index in [0.29, 0.717) is 43.1 Å². The lowest BCUT2D eigenvalue weighted by molar-refractivity contribution is -0.137. The van der Waals surface area contributed by atoms with E-state index < -0.39 is 17.6 Å². The van der Waals surface area contributed by atoms with Crippen LogP contribution in [0.25, 0.3) is 0 Å². The Bertz CT molecular complexity index is 923. The number of amides is 2. The fourth-order valence-corrected chi connectivity index (χ4v) is 3.36. The summed E-state index contributed by atoms with van der Waals surface area (Å²) in [7, 11) is 0. The molecule has 2 aromatic rings. The van der Waals surface area contributed by atoms with Crippen LogP contribution in [-0.4, -0.2) is 36.0 Å². The molecule has 0 atom stereocenters. The van der Waals surface area contributed by atoms with Gasteiger partial charge in [0.15, 0.2) is 0 Å². The number of anilines is 1. The lowest BCUT2D eigenvalue weighted by Crippen LogP contribution is -2.47. The minimum absolute atomic E-state index is 0.0235. The number of rotatable bonds is 5. The van der Waals surface area contributed by atoms with E-state index in [1.165, 1.54) is 6.07 Å². The average molecular weight is 450 g/mol. The average Bonchev–Trinajstić information content (AvgIpc) is 2.77. The van der Waals surface area contributed by atoms with Gasteiger partial charge in [0.05, 0.1) is 11.7 Å². The SMILES string of the molecule is CC(C)Oc1ccc(C(=O)NNC(=O)C2CCN(c3ccc(C(F)(F)F)cn3)CC2)cc1. The number of piperidine rings is 1. The molecule has 0 aliphatic carbocycles. The minimum Gasteiger partial charge on any atom is -0.491 e. The number of hydrogen-bond donors (Lipinski definition) is 2. The first kappa shape index (κ1) is 23.4. The highest BCUT2D eigenvalue weighted by Crippen LogP contribution is 2.30. The van der Waals surface area contributed by atoms with Crippen molar-refractivity contribution in [3.05, 3.63) is 53.7 Å². The Morgan fingerprint density at radius 1 is 1.06 bits per heavy atom. The molecule has 1 aromatic heterocycles. The highest BCUT2D eigenvalue weighted by atomic mass is 19.4. The van der Waals surface area contributed by atoms with Crippen molar-refractivity contribution < 1.29 is 27.5 Å². The molecule has 32 heavy (non-hydrogen) atoms. The number of halogens is 3. The number of alkyl halides is 3. The number of pyridine rings is 1. The molecule has 0 unspecified atom stereocenters. The summed E-state index contributed by atoms with van der Waals surface area (Å²) in [6.07, 6.45) is -2.61. The molecule has 10 heteroatoms. The summed E-state index contributed by atoms with van der Waals surface area (Å²) in [5, 5.41) is 0. The molecule has 1 aliphatic rings. The molecular weight excluding hydrogens is 425 g/mol. The number of carbonyl (C=O) groups excluding carboxylic acids is 2. The van der Waals surface area contributed by atoms with Crippen molar-refractivity contribution >= 4 is 17.6 Å². The first-order chi connectivity index (χ1) is 15.1. The summed E-state index contributed by atoms with van der Waals surface area (Å²) in [6.45, 7) is 4.75. The normalized spacial score (nSPS) is 14.9. The summed E-state index contributed by atoms with van der Waals surface area (Å²) in [5.41, 5.74) is 4.44. The van der Waals surface area contributed by atoms with E-state index in [-0.39, 0.29) is 17.9 Å². The lowest BCUT2D eigenvalue weighted by Gasteiger charge is -2.32. The number of benzene rings is 1. The number of nitrogens with one attached hydrogen (secondary N) is 2. The van der Waals surface area contributed by atoms with Gasteiger partial charge in [0, 0.05) is 30.8 Å². The quantitative estimate of drug-likeness (QED) is 0.681. The fraction of sp³-hybridized carbons (Fsp3) is 0.409. The Balaban J connectivity index is 1.45. The van der Waals surface area contributed by atoms with E-state index in [0.717, 1.165) is 12.3 Å². The second-order valence-electron chi connectivity index (χ2n) is 7.80. The van der Waals surface area contributed by atoms with Crippen LogP contribution in [0.3, 0.4) is 0 Å². The molecular formula is C22H25F3N4O3. The van der Waals surface area contributed by atoms with Crippen molar-refractivity contribution in [3.8, 4) is 5.75 Å². The van der Waals surface area contributed by atoms with Crippen LogP contribution in [0.5, 0.6) is 5.75 Å². The lowest BCUT2D eigenvalue weighted by atomic mass is 9.96. The van der Waals surface area contributed by atoms with Crippen molar-refractivity contribution in [2.75, 3.05) is 18.0 Å². The maximum atomic E-state index is 12.7. The maximum absolute atomic E-state index is 12.7. The first-order valence-corrected chi connectivity index (χ1v) is 10.3. The van der Waals surface area contributed by atoms with Gasteiger partial charge in [0.1, 0.15) is 11.6 Å². The van der Waals surface area contributed by atoms with Crippen LogP contribution >= 0.6 is 0 Å². The van der Waals surface area contributed by atoms with Crippen molar-refractivity contribution in [2.24, 2.45) is 5.92 Å². The number of ether oxygens (including phenoxy) is 1. The smallest absolute Gasteiger partial charge is 0.417 e. The van der Waals surface area contributed by atoms with Crippen LogP contribution in [0.4, 0.5) is 19.0 Å². The van der Waals surface area contributed by atoms with Crippen molar-refractivity contribution in [3.63, 3.8) is 0 Å². The highest BCUT2D eigenvalue weighted by molar-refractivity contribution is 5.95. The van der Waals surface area contributed by atoms with E-state index >= 15 is 0 Å². The summed E-state index contributed by atoms with van der Waals surface area (Å²) < 4.78 is 43.5. The molecule has 0 spiro atoms. The second kappa shape index (κ2) is 9.88. The zero-order chi connectivity index (χ0) is 23.3. The van der Waals surface area contributed by atoms with E-state index in [9.17, 15) is 22.8 Å². The van der Waals surface area contributed by atoms with Crippen LogP contribution in [-0.2, 0) is 11.0 Å². The Hall–Kier alpha value is -3.30. The van der Waals surface area contributed by atoms with Gasteiger partial charge in [-0.1, -0.05) is 0 Å². The zero-order valence-corrected chi connectivity index (χ0v) is 17.8. The summed E-state index contributed by atoms with van der Waals surface area (Å²) in [5.74, 6) is 0.0201. The van der Waals surface area contributed by atoms with Gasteiger partial charge in [-0.3, -0.25) is 20.4 Å². The number of hydrogen-bond acceptors (Lipinski definition) is 5. The maximum Gasteiger partial charge on any atom is 0.417 e. The zero-order valence-electron chi connectivity index (χ0n) is 17.8. The number of carbonyl (C=O) groups is 2. The third-order valence-corrected chi connectivity index (χ3v) is 5.05. The number of nitrogens with zero attached hydrogens (tertiary/aromatic N) is 2. The molecule has 2 amide bonds. The molecule has 3 rings (SSSR count). The van der Waals surface area contributed by atoms with Gasteiger partial charge in [0.2, 0.25) is 5.91 Å². The molecule has 7 nitrogen and oxygen atoms in total. The molecule has 0 radical (unpaired) electrons. The fourth-order valence-electron chi connectivity index (χ4n) is 3.36. The molecule has 1 aliphatic heterocycles. The molecule has 172 valence electrons. The summed E-state index contributed by atoms with van der Waals surface area (Å²) in [6, 6.07) is 8.91.